The Hall–Kier alpha value is -2.53. The monoisotopic (exact) mass is 266 g/mol. The molecule has 100 valence electrons. The normalized spacial score (nSPS) is 12.2. The van der Waals surface area contributed by atoms with Gasteiger partial charge in [0.2, 0.25) is 0 Å². The van der Waals surface area contributed by atoms with Crippen LogP contribution in [-0.4, -0.2) is 24.6 Å². The quantitative estimate of drug-likeness (QED) is 0.785. The highest BCUT2D eigenvalue weighted by Gasteiger charge is 2.12. The molecule has 0 aromatic carbocycles. The maximum atomic E-state index is 10.3. The van der Waals surface area contributed by atoms with Crippen molar-refractivity contribution < 1.29 is 5.11 Å². The highest BCUT2D eigenvalue weighted by atomic mass is 16.3. The number of nitrogens with zero attached hydrogens (tertiary/aromatic N) is 4. The number of pyridine rings is 2. The van der Waals surface area contributed by atoms with Crippen LogP contribution in [0.5, 0.6) is 0 Å². The summed E-state index contributed by atoms with van der Waals surface area (Å²) in [5.41, 5.74) is 1.77. The lowest BCUT2D eigenvalue weighted by atomic mass is 10.1. The molecular weight excluding hydrogens is 252 g/mol. The summed E-state index contributed by atoms with van der Waals surface area (Å²) in [7, 11) is 0. The number of hydrogen-bond acceptors (Lipinski definition) is 4. The first-order valence-electron chi connectivity index (χ1n) is 6.34. The van der Waals surface area contributed by atoms with Crippen LogP contribution in [0.15, 0.2) is 61.4 Å². The molecule has 5 nitrogen and oxygen atoms in total. The van der Waals surface area contributed by atoms with Crippen LogP contribution >= 0.6 is 0 Å². The van der Waals surface area contributed by atoms with Gasteiger partial charge in [0.15, 0.2) is 0 Å². The Kier molecular flexibility index (Phi) is 3.52. The minimum Gasteiger partial charge on any atom is -0.386 e. The van der Waals surface area contributed by atoms with Gasteiger partial charge in [-0.2, -0.15) is 0 Å². The second-order valence-corrected chi connectivity index (χ2v) is 4.44. The van der Waals surface area contributed by atoms with Gasteiger partial charge >= 0.3 is 0 Å². The summed E-state index contributed by atoms with van der Waals surface area (Å²) in [5.74, 6) is 0.815. The third-order valence-electron chi connectivity index (χ3n) is 3.09. The van der Waals surface area contributed by atoms with E-state index in [0.29, 0.717) is 6.54 Å². The molecule has 0 aliphatic rings. The zero-order valence-corrected chi connectivity index (χ0v) is 10.8. The highest BCUT2D eigenvalue weighted by Crippen LogP contribution is 2.20. The van der Waals surface area contributed by atoms with Crippen molar-refractivity contribution in [1.82, 2.24) is 19.5 Å². The molecule has 20 heavy (non-hydrogen) atoms. The fraction of sp³-hybridized carbons (Fsp3) is 0.133. The van der Waals surface area contributed by atoms with E-state index in [2.05, 4.69) is 15.0 Å². The second-order valence-electron chi connectivity index (χ2n) is 4.44. The summed E-state index contributed by atoms with van der Waals surface area (Å²) in [5, 5.41) is 10.3. The Labute approximate surface area is 116 Å². The van der Waals surface area contributed by atoms with Crippen LogP contribution in [0.25, 0.3) is 11.4 Å². The molecule has 0 radical (unpaired) electrons. The highest BCUT2D eigenvalue weighted by molar-refractivity contribution is 5.54. The van der Waals surface area contributed by atoms with Crippen LogP contribution < -0.4 is 0 Å². The molecule has 5 heteroatoms. The van der Waals surface area contributed by atoms with Crippen molar-refractivity contribution in [3.8, 4) is 11.4 Å². The Balaban J connectivity index is 1.84. The lowest BCUT2D eigenvalue weighted by molar-refractivity contribution is 0.156. The van der Waals surface area contributed by atoms with E-state index in [0.717, 1.165) is 17.0 Å². The molecule has 0 amide bonds. The molecule has 0 fully saturated rings. The van der Waals surface area contributed by atoms with Crippen molar-refractivity contribution >= 4 is 0 Å². The summed E-state index contributed by atoms with van der Waals surface area (Å²) in [4.78, 5) is 12.4. The van der Waals surface area contributed by atoms with Crippen LogP contribution in [-0.2, 0) is 6.54 Å². The second kappa shape index (κ2) is 5.63. The zero-order valence-electron chi connectivity index (χ0n) is 10.8. The standard InChI is InChI=1S/C15H14N4O/c20-14(13-2-1-5-17-10-13)11-19-9-8-18-15(19)12-3-6-16-7-4-12/h1-10,14,20H,11H2/t14-/m0/s1. The van der Waals surface area contributed by atoms with E-state index >= 15 is 0 Å². The summed E-state index contributed by atoms with van der Waals surface area (Å²) < 4.78 is 1.92. The third-order valence-corrected chi connectivity index (χ3v) is 3.09. The number of aliphatic hydroxyl groups is 1. The smallest absolute Gasteiger partial charge is 0.140 e. The van der Waals surface area contributed by atoms with Crippen molar-refractivity contribution in [2.75, 3.05) is 0 Å². The third kappa shape index (κ3) is 2.57. The number of aromatic nitrogens is 4. The molecular formula is C15H14N4O. The van der Waals surface area contributed by atoms with E-state index in [1.807, 2.05) is 35.0 Å². The van der Waals surface area contributed by atoms with Gasteiger partial charge in [0.25, 0.3) is 0 Å². The molecule has 3 aromatic rings. The SMILES string of the molecule is O[C@@H](Cn1ccnc1-c1ccncc1)c1cccnc1. The van der Waals surface area contributed by atoms with E-state index < -0.39 is 6.10 Å². The van der Waals surface area contributed by atoms with Crippen molar-refractivity contribution in [1.29, 1.82) is 0 Å². The largest absolute Gasteiger partial charge is 0.386 e. The first kappa shape index (κ1) is 12.5. The van der Waals surface area contributed by atoms with Gasteiger partial charge in [-0.1, -0.05) is 6.07 Å². The summed E-state index contributed by atoms with van der Waals surface area (Å²) in [6.45, 7) is 0.434. The molecule has 3 rings (SSSR count). The Morgan fingerprint density at radius 3 is 2.65 bits per heavy atom. The van der Waals surface area contributed by atoms with E-state index in [1.54, 1.807) is 31.0 Å². The van der Waals surface area contributed by atoms with Crippen LogP contribution in [0.1, 0.15) is 11.7 Å². The molecule has 1 N–H and O–H groups in total. The maximum absolute atomic E-state index is 10.3. The number of imidazole rings is 1. The van der Waals surface area contributed by atoms with Gasteiger partial charge in [0, 0.05) is 48.3 Å². The first-order chi connectivity index (χ1) is 9.84. The topological polar surface area (TPSA) is 63.8 Å². The molecule has 3 heterocycles. The van der Waals surface area contributed by atoms with Crippen LogP contribution in [0.4, 0.5) is 0 Å². The van der Waals surface area contributed by atoms with Crippen molar-refractivity contribution in [3.05, 3.63) is 67.0 Å². The van der Waals surface area contributed by atoms with Gasteiger partial charge in [-0.15, -0.1) is 0 Å². The van der Waals surface area contributed by atoms with E-state index in [9.17, 15) is 5.11 Å². The number of rotatable bonds is 4. The molecule has 0 aliphatic heterocycles. The van der Waals surface area contributed by atoms with Gasteiger partial charge in [-0.25, -0.2) is 4.98 Å². The lowest BCUT2D eigenvalue weighted by Gasteiger charge is -2.13. The molecule has 0 saturated heterocycles. The molecule has 0 spiro atoms. The number of aliphatic hydroxyl groups excluding tert-OH is 1. The minimum atomic E-state index is -0.613. The predicted octanol–water partition coefficient (Wildman–Crippen LogP) is 2.07. The predicted molar refractivity (Wildman–Crippen MR) is 74.7 cm³/mol. The Morgan fingerprint density at radius 1 is 1.05 bits per heavy atom. The van der Waals surface area contributed by atoms with Crippen molar-refractivity contribution in [2.45, 2.75) is 12.6 Å². The fourth-order valence-electron chi connectivity index (χ4n) is 2.08. The van der Waals surface area contributed by atoms with Gasteiger partial charge in [-0.3, -0.25) is 9.97 Å². The molecule has 0 unspecified atom stereocenters. The molecule has 0 saturated carbocycles. The Bertz CT molecular complexity index is 667. The van der Waals surface area contributed by atoms with E-state index in [4.69, 9.17) is 0 Å². The minimum absolute atomic E-state index is 0.434. The molecule has 3 aromatic heterocycles. The fourth-order valence-corrected chi connectivity index (χ4v) is 2.08. The summed E-state index contributed by atoms with van der Waals surface area (Å²) in [6.07, 6.45) is 9.79. The van der Waals surface area contributed by atoms with Crippen LogP contribution in [0.3, 0.4) is 0 Å². The van der Waals surface area contributed by atoms with E-state index in [1.165, 1.54) is 0 Å². The van der Waals surface area contributed by atoms with Crippen molar-refractivity contribution in [3.63, 3.8) is 0 Å². The van der Waals surface area contributed by atoms with Crippen LogP contribution in [0.2, 0.25) is 0 Å². The first-order valence-corrected chi connectivity index (χ1v) is 6.34. The molecule has 0 bridgehead atoms. The lowest BCUT2D eigenvalue weighted by Crippen LogP contribution is -2.09. The summed E-state index contributed by atoms with van der Waals surface area (Å²) in [6, 6.07) is 7.47. The van der Waals surface area contributed by atoms with Gasteiger partial charge in [-0.05, 0) is 18.2 Å². The van der Waals surface area contributed by atoms with Gasteiger partial charge in [0.1, 0.15) is 5.82 Å². The van der Waals surface area contributed by atoms with Gasteiger partial charge in [0.05, 0.1) is 12.6 Å². The maximum Gasteiger partial charge on any atom is 0.140 e. The Morgan fingerprint density at radius 2 is 1.90 bits per heavy atom. The van der Waals surface area contributed by atoms with Gasteiger partial charge < -0.3 is 9.67 Å². The van der Waals surface area contributed by atoms with E-state index in [-0.39, 0.29) is 0 Å². The number of hydrogen-bond donors (Lipinski definition) is 1. The van der Waals surface area contributed by atoms with Crippen LogP contribution in [0, 0.1) is 0 Å². The van der Waals surface area contributed by atoms with Crippen molar-refractivity contribution in [2.24, 2.45) is 0 Å². The zero-order chi connectivity index (χ0) is 13.8. The molecule has 1 atom stereocenters. The molecule has 0 aliphatic carbocycles. The average Bonchev–Trinajstić information content (AvgIpc) is 2.97. The summed E-state index contributed by atoms with van der Waals surface area (Å²) >= 11 is 0. The average molecular weight is 266 g/mol.